The van der Waals surface area contributed by atoms with Crippen LogP contribution in [0.5, 0.6) is 17.2 Å². The van der Waals surface area contributed by atoms with E-state index in [4.69, 9.17) is 14.3 Å². The van der Waals surface area contributed by atoms with Crippen molar-refractivity contribution in [3.05, 3.63) is 41.5 Å². The molecule has 2 aromatic carbocycles. The Morgan fingerprint density at radius 1 is 0.800 bits per heavy atom. The van der Waals surface area contributed by atoms with E-state index in [0.717, 1.165) is 22.3 Å². The molecule has 0 heterocycles. The van der Waals surface area contributed by atoms with Crippen LogP contribution < -0.4 is 9.47 Å². The summed E-state index contributed by atoms with van der Waals surface area (Å²) in [5.41, 5.74) is 4.07. The Bertz CT molecular complexity index is 676. The topological polar surface area (TPSA) is 55.8 Å². The van der Waals surface area contributed by atoms with Crippen LogP contribution in [-0.2, 0) is 4.79 Å². The van der Waals surface area contributed by atoms with Crippen LogP contribution in [-0.4, -0.2) is 26.1 Å². The minimum Gasteiger partial charge on any atom is -0.507 e. The van der Waals surface area contributed by atoms with E-state index in [2.05, 4.69) is 39.8 Å². The van der Waals surface area contributed by atoms with E-state index in [9.17, 15) is 5.11 Å². The van der Waals surface area contributed by atoms with Crippen molar-refractivity contribution in [3.8, 4) is 28.4 Å². The van der Waals surface area contributed by atoms with Crippen molar-refractivity contribution in [2.24, 2.45) is 0 Å². The number of ether oxygens (including phenoxy) is 2. The lowest BCUT2D eigenvalue weighted by Crippen LogP contribution is -1.97. The first-order chi connectivity index (χ1) is 11.9. The number of aromatic hydroxyl groups is 1. The molecule has 0 saturated carbocycles. The summed E-state index contributed by atoms with van der Waals surface area (Å²) in [5, 5.41) is 10.5. The summed E-state index contributed by atoms with van der Waals surface area (Å²) in [5.74, 6) is 2.35. The summed E-state index contributed by atoms with van der Waals surface area (Å²) in [6.45, 7) is 10.4. The second kappa shape index (κ2) is 9.11. The zero-order valence-corrected chi connectivity index (χ0v) is 15.9. The number of benzene rings is 2. The molecule has 4 heteroatoms. The van der Waals surface area contributed by atoms with Crippen LogP contribution in [0.15, 0.2) is 30.3 Å². The SMILES string of the molecule is C=O.COc1ccc(-c2cc(C(C)C)c(O)c(C(C)C)c2)cc1OC. The van der Waals surface area contributed by atoms with Gasteiger partial charge in [-0.3, -0.25) is 0 Å². The standard InChI is InChI=1S/C20H26O3.CH2O/c1-12(2)16-9-15(10-17(13(3)4)20(16)21)14-7-8-18(22-5)19(11-14)23-6;1-2/h7-13,21H,1-6H3;1H2. The number of hydrogen-bond acceptors (Lipinski definition) is 4. The van der Waals surface area contributed by atoms with Gasteiger partial charge in [0, 0.05) is 0 Å². The fraction of sp³-hybridized carbons (Fsp3) is 0.381. The third-order valence-corrected chi connectivity index (χ3v) is 4.13. The maximum Gasteiger partial charge on any atom is 0.161 e. The van der Waals surface area contributed by atoms with Crippen molar-refractivity contribution in [1.29, 1.82) is 0 Å². The first kappa shape index (κ1) is 20.6. The van der Waals surface area contributed by atoms with Gasteiger partial charge in [-0.15, -0.1) is 0 Å². The Balaban J connectivity index is 0.00000151. The van der Waals surface area contributed by atoms with Gasteiger partial charge in [0.05, 0.1) is 14.2 Å². The van der Waals surface area contributed by atoms with E-state index in [-0.39, 0.29) is 11.8 Å². The largest absolute Gasteiger partial charge is 0.507 e. The summed E-state index contributed by atoms with van der Waals surface area (Å²) < 4.78 is 10.7. The summed E-state index contributed by atoms with van der Waals surface area (Å²) >= 11 is 0. The molecule has 0 aromatic heterocycles. The molecular weight excluding hydrogens is 316 g/mol. The number of rotatable bonds is 5. The summed E-state index contributed by atoms with van der Waals surface area (Å²) in [4.78, 5) is 8.00. The molecule has 0 amide bonds. The molecule has 0 radical (unpaired) electrons. The van der Waals surface area contributed by atoms with Gasteiger partial charge in [0.15, 0.2) is 11.5 Å². The molecule has 4 nitrogen and oxygen atoms in total. The van der Waals surface area contributed by atoms with Crippen molar-refractivity contribution >= 4 is 6.79 Å². The Hall–Kier alpha value is -2.49. The number of hydrogen-bond donors (Lipinski definition) is 1. The summed E-state index contributed by atoms with van der Waals surface area (Å²) in [7, 11) is 3.27. The zero-order valence-electron chi connectivity index (χ0n) is 15.9. The van der Waals surface area contributed by atoms with Crippen LogP contribution in [0.3, 0.4) is 0 Å². The highest BCUT2D eigenvalue weighted by atomic mass is 16.5. The van der Waals surface area contributed by atoms with Crippen LogP contribution in [0.2, 0.25) is 0 Å². The highest BCUT2D eigenvalue weighted by molar-refractivity contribution is 5.70. The summed E-state index contributed by atoms with van der Waals surface area (Å²) in [6.07, 6.45) is 0. The van der Waals surface area contributed by atoms with Gasteiger partial charge in [-0.2, -0.15) is 0 Å². The molecule has 2 aromatic rings. The van der Waals surface area contributed by atoms with Crippen LogP contribution in [0.1, 0.15) is 50.7 Å². The minimum absolute atomic E-state index is 0.257. The monoisotopic (exact) mass is 344 g/mol. The van der Waals surface area contributed by atoms with Crippen molar-refractivity contribution in [1.82, 2.24) is 0 Å². The van der Waals surface area contributed by atoms with Crippen molar-refractivity contribution in [2.45, 2.75) is 39.5 Å². The van der Waals surface area contributed by atoms with E-state index >= 15 is 0 Å². The molecule has 0 aliphatic rings. The molecule has 25 heavy (non-hydrogen) atoms. The zero-order chi connectivity index (χ0) is 19.1. The van der Waals surface area contributed by atoms with Gasteiger partial charge in [-0.1, -0.05) is 33.8 Å². The highest BCUT2D eigenvalue weighted by Gasteiger charge is 2.16. The molecule has 0 spiro atoms. The van der Waals surface area contributed by atoms with Gasteiger partial charge in [0.2, 0.25) is 0 Å². The Labute approximate surface area is 150 Å². The Morgan fingerprint density at radius 2 is 1.28 bits per heavy atom. The van der Waals surface area contributed by atoms with Crippen molar-refractivity contribution < 1.29 is 19.4 Å². The molecular formula is C21H28O4. The first-order valence-corrected chi connectivity index (χ1v) is 8.27. The first-order valence-electron chi connectivity index (χ1n) is 8.27. The van der Waals surface area contributed by atoms with E-state index < -0.39 is 0 Å². The van der Waals surface area contributed by atoms with Crippen LogP contribution in [0, 0.1) is 0 Å². The lowest BCUT2D eigenvalue weighted by molar-refractivity contribution is -0.0979. The predicted octanol–water partition coefficient (Wildman–Crippen LogP) is 5.14. The number of methoxy groups -OCH3 is 2. The van der Waals surface area contributed by atoms with Crippen LogP contribution in [0.4, 0.5) is 0 Å². The van der Waals surface area contributed by atoms with Crippen LogP contribution >= 0.6 is 0 Å². The minimum atomic E-state index is 0.257. The predicted molar refractivity (Wildman–Crippen MR) is 102 cm³/mol. The second-order valence-electron chi connectivity index (χ2n) is 6.38. The van der Waals surface area contributed by atoms with E-state index in [0.29, 0.717) is 17.2 Å². The van der Waals surface area contributed by atoms with Gasteiger partial charge in [0.1, 0.15) is 12.5 Å². The molecule has 0 bridgehead atoms. The molecule has 0 saturated heterocycles. The highest BCUT2D eigenvalue weighted by Crippen LogP contribution is 2.39. The number of phenols is 1. The third kappa shape index (κ3) is 4.53. The Morgan fingerprint density at radius 3 is 1.68 bits per heavy atom. The van der Waals surface area contributed by atoms with E-state index in [1.807, 2.05) is 25.0 Å². The molecule has 136 valence electrons. The smallest absolute Gasteiger partial charge is 0.161 e. The molecule has 0 unspecified atom stereocenters. The lowest BCUT2D eigenvalue weighted by Gasteiger charge is -2.18. The van der Waals surface area contributed by atoms with E-state index in [1.165, 1.54) is 0 Å². The fourth-order valence-electron chi connectivity index (χ4n) is 2.74. The number of carbonyl (C=O) groups excluding carboxylic acids is 1. The van der Waals surface area contributed by atoms with Crippen molar-refractivity contribution in [3.63, 3.8) is 0 Å². The maximum atomic E-state index is 10.5. The maximum absolute atomic E-state index is 10.5. The molecule has 0 atom stereocenters. The van der Waals surface area contributed by atoms with Crippen molar-refractivity contribution in [2.75, 3.05) is 14.2 Å². The molecule has 1 N–H and O–H groups in total. The number of carbonyl (C=O) groups is 1. The lowest BCUT2D eigenvalue weighted by atomic mass is 9.89. The molecule has 0 fully saturated rings. The molecule has 2 rings (SSSR count). The van der Waals surface area contributed by atoms with Gasteiger partial charge in [-0.25, -0.2) is 0 Å². The average Bonchev–Trinajstić information content (AvgIpc) is 2.62. The quantitative estimate of drug-likeness (QED) is 0.816. The molecule has 0 aliphatic heterocycles. The van der Waals surface area contributed by atoms with Gasteiger partial charge in [-0.05, 0) is 58.4 Å². The second-order valence-corrected chi connectivity index (χ2v) is 6.38. The molecule has 0 aliphatic carbocycles. The Kier molecular flexibility index (Phi) is 7.49. The fourth-order valence-corrected chi connectivity index (χ4v) is 2.74. The van der Waals surface area contributed by atoms with Gasteiger partial charge >= 0.3 is 0 Å². The third-order valence-electron chi connectivity index (χ3n) is 4.13. The van der Waals surface area contributed by atoms with Gasteiger partial charge < -0.3 is 19.4 Å². The average molecular weight is 344 g/mol. The van der Waals surface area contributed by atoms with Crippen LogP contribution in [0.25, 0.3) is 11.1 Å². The van der Waals surface area contributed by atoms with E-state index in [1.54, 1.807) is 14.2 Å². The normalized spacial score (nSPS) is 10.4. The number of phenolic OH excluding ortho intramolecular Hbond substituents is 1. The van der Waals surface area contributed by atoms with Gasteiger partial charge in [0.25, 0.3) is 0 Å². The summed E-state index contributed by atoms with van der Waals surface area (Å²) in [6, 6.07) is 10.0.